The van der Waals surface area contributed by atoms with Crippen molar-refractivity contribution in [2.75, 3.05) is 20.3 Å². The zero-order chi connectivity index (χ0) is 20.3. The highest BCUT2D eigenvalue weighted by atomic mass is 32.2. The number of benzene rings is 1. The molecule has 154 valence electrons. The fraction of sp³-hybridized carbons (Fsp3) is 0.579. The number of ether oxygens (including phenoxy) is 2. The summed E-state index contributed by atoms with van der Waals surface area (Å²) in [6, 6.07) is 3.90. The van der Waals surface area contributed by atoms with Gasteiger partial charge in [0.05, 0.1) is 12.0 Å². The molecule has 1 aromatic carbocycles. The van der Waals surface area contributed by atoms with Crippen LogP contribution in [0.4, 0.5) is 0 Å². The summed E-state index contributed by atoms with van der Waals surface area (Å²) >= 11 is 0. The molecule has 1 heterocycles. The number of sulfonamides is 1. The van der Waals surface area contributed by atoms with Gasteiger partial charge in [-0.15, -0.1) is 0 Å². The lowest BCUT2D eigenvalue weighted by atomic mass is 9.78. The summed E-state index contributed by atoms with van der Waals surface area (Å²) < 4.78 is 33.4. The number of likely N-dealkylation sites (tertiary alicyclic amines) is 1. The molecule has 0 aromatic heterocycles. The molecule has 0 unspecified atom stereocenters. The first-order valence-corrected chi connectivity index (χ1v) is 11.0. The average molecular weight is 410 g/mol. The minimum absolute atomic E-state index is 0.0870. The minimum atomic E-state index is -3.98. The predicted octanol–water partition coefficient (Wildman–Crippen LogP) is 1.68. The molecule has 9 heteroatoms. The van der Waals surface area contributed by atoms with Crippen molar-refractivity contribution < 1.29 is 27.5 Å². The van der Waals surface area contributed by atoms with Gasteiger partial charge in [0.1, 0.15) is 11.3 Å². The predicted molar refractivity (Wildman–Crippen MR) is 101 cm³/mol. The van der Waals surface area contributed by atoms with Crippen molar-refractivity contribution in [3.63, 3.8) is 0 Å². The molecule has 2 aliphatic rings. The third-order valence-corrected chi connectivity index (χ3v) is 6.52. The Bertz CT molecular complexity index is 852. The number of carbonyl (C=O) groups excluding carboxylic acids is 2. The van der Waals surface area contributed by atoms with Crippen LogP contribution in [0.3, 0.4) is 0 Å². The van der Waals surface area contributed by atoms with E-state index in [2.05, 4.69) is 0 Å². The molecule has 1 saturated heterocycles. The van der Waals surface area contributed by atoms with Crippen molar-refractivity contribution in [1.82, 2.24) is 4.90 Å². The van der Waals surface area contributed by atoms with Crippen molar-refractivity contribution in [1.29, 1.82) is 0 Å². The monoisotopic (exact) mass is 410 g/mol. The first-order valence-electron chi connectivity index (χ1n) is 9.48. The van der Waals surface area contributed by atoms with Crippen LogP contribution in [-0.2, 0) is 19.6 Å². The summed E-state index contributed by atoms with van der Waals surface area (Å²) in [6.45, 7) is 0.298. The van der Waals surface area contributed by atoms with Crippen molar-refractivity contribution in [2.24, 2.45) is 11.1 Å². The molecule has 0 bridgehead atoms. The minimum Gasteiger partial charge on any atom is -0.496 e. The van der Waals surface area contributed by atoms with Gasteiger partial charge in [-0.25, -0.2) is 18.4 Å². The second-order valence-corrected chi connectivity index (χ2v) is 8.89. The number of rotatable bonds is 5. The van der Waals surface area contributed by atoms with Crippen molar-refractivity contribution in [3.8, 4) is 5.75 Å². The Kier molecular flexibility index (Phi) is 6.24. The van der Waals surface area contributed by atoms with Gasteiger partial charge in [-0.05, 0) is 49.8 Å². The Morgan fingerprint density at radius 2 is 1.89 bits per heavy atom. The number of nitrogens with two attached hydrogens (primary N) is 1. The van der Waals surface area contributed by atoms with Gasteiger partial charge in [0.2, 0.25) is 10.0 Å². The van der Waals surface area contributed by atoms with Crippen LogP contribution in [0.2, 0.25) is 0 Å². The van der Waals surface area contributed by atoms with Gasteiger partial charge in [-0.1, -0.05) is 12.8 Å². The molecule has 2 atom stereocenters. The number of fused-ring (bicyclic) bond motifs is 1. The SMILES string of the molecule is COc1ccc(S(N)(=O)=O)cc1C(=O)OCC(=O)N1CCC[C@H]2CCCC[C@H]21. The first-order chi connectivity index (χ1) is 13.3. The summed E-state index contributed by atoms with van der Waals surface area (Å²) in [4.78, 5) is 26.8. The Morgan fingerprint density at radius 3 is 2.61 bits per heavy atom. The Morgan fingerprint density at radius 1 is 1.18 bits per heavy atom. The highest BCUT2D eigenvalue weighted by Crippen LogP contribution is 2.35. The van der Waals surface area contributed by atoms with E-state index in [0.29, 0.717) is 12.5 Å². The Labute approximate surface area is 165 Å². The molecule has 1 amide bonds. The highest BCUT2D eigenvalue weighted by Gasteiger charge is 2.36. The fourth-order valence-corrected chi connectivity index (χ4v) is 4.79. The zero-order valence-corrected chi connectivity index (χ0v) is 16.7. The van der Waals surface area contributed by atoms with Crippen molar-refractivity contribution >= 4 is 21.9 Å². The maximum Gasteiger partial charge on any atom is 0.342 e. The van der Waals surface area contributed by atoms with Crippen LogP contribution >= 0.6 is 0 Å². The number of hydrogen-bond donors (Lipinski definition) is 1. The van der Waals surface area contributed by atoms with Crippen LogP contribution in [-0.4, -0.2) is 51.5 Å². The molecular weight excluding hydrogens is 384 g/mol. The summed E-state index contributed by atoms with van der Waals surface area (Å²) in [5, 5.41) is 5.12. The molecule has 28 heavy (non-hydrogen) atoms. The van der Waals surface area contributed by atoms with Gasteiger partial charge in [-0.3, -0.25) is 4.79 Å². The number of piperidine rings is 1. The third kappa shape index (κ3) is 4.47. The zero-order valence-electron chi connectivity index (χ0n) is 15.9. The largest absolute Gasteiger partial charge is 0.496 e. The van der Waals surface area contributed by atoms with E-state index in [1.165, 1.54) is 25.7 Å². The highest BCUT2D eigenvalue weighted by molar-refractivity contribution is 7.89. The molecule has 1 aromatic rings. The number of amides is 1. The maximum absolute atomic E-state index is 12.7. The second kappa shape index (κ2) is 8.48. The number of primary sulfonamides is 1. The molecule has 2 N–H and O–H groups in total. The van der Waals surface area contributed by atoms with Crippen LogP contribution < -0.4 is 9.88 Å². The van der Waals surface area contributed by atoms with E-state index in [1.54, 1.807) is 0 Å². The number of esters is 1. The summed E-state index contributed by atoms with van der Waals surface area (Å²) in [5.74, 6) is -0.358. The molecule has 3 rings (SSSR count). The van der Waals surface area contributed by atoms with Gasteiger partial charge in [0.25, 0.3) is 5.91 Å². The summed E-state index contributed by atoms with van der Waals surface area (Å²) in [7, 11) is -2.63. The van der Waals surface area contributed by atoms with Gasteiger partial charge < -0.3 is 14.4 Å². The third-order valence-electron chi connectivity index (χ3n) is 5.61. The van der Waals surface area contributed by atoms with Crippen molar-refractivity contribution in [3.05, 3.63) is 23.8 Å². The van der Waals surface area contributed by atoms with Crippen LogP contribution in [0, 0.1) is 5.92 Å². The standard InChI is InChI=1S/C19H26N2O6S/c1-26-17-9-8-14(28(20,24)25)11-15(17)19(23)27-12-18(22)21-10-4-6-13-5-2-3-7-16(13)21/h8-9,11,13,16H,2-7,10,12H2,1H3,(H2,20,24,25)/t13-,16-/m1/s1. The fourth-order valence-electron chi connectivity index (χ4n) is 4.25. The number of hydrogen-bond acceptors (Lipinski definition) is 6. The van der Waals surface area contributed by atoms with Crippen LogP contribution in [0.25, 0.3) is 0 Å². The normalized spacial score (nSPS) is 22.3. The van der Waals surface area contributed by atoms with E-state index in [0.717, 1.165) is 38.2 Å². The molecule has 0 spiro atoms. The Hall–Kier alpha value is -2.13. The molecule has 2 fully saturated rings. The average Bonchev–Trinajstić information content (AvgIpc) is 2.70. The van der Waals surface area contributed by atoms with E-state index in [4.69, 9.17) is 14.6 Å². The number of carbonyl (C=O) groups is 2. The second-order valence-electron chi connectivity index (χ2n) is 7.32. The molecule has 1 aliphatic heterocycles. The summed E-state index contributed by atoms with van der Waals surface area (Å²) in [5.41, 5.74) is -0.0870. The van der Waals surface area contributed by atoms with Crippen LogP contribution in [0.5, 0.6) is 5.75 Å². The smallest absolute Gasteiger partial charge is 0.342 e. The van der Waals surface area contributed by atoms with E-state index >= 15 is 0 Å². The van der Waals surface area contributed by atoms with Crippen LogP contribution in [0.15, 0.2) is 23.1 Å². The summed E-state index contributed by atoms with van der Waals surface area (Å²) in [6.07, 6.45) is 6.57. The van der Waals surface area contributed by atoms with Gasteiger partial charge in [0.15, 0.2) is 6.61 Å². The van der Waals surface area contributed by atoms with E-state index in [9.17, 15) is 18.0 Å². The topological polar surface area (TPSA) is 116 Å². The molecular formula is C19H26N2O6S. The number of methoxy groups -OCH3 is 1. The first kappa shape index (κ1) is 20.6. The lowest BCUT2D eigenvalue weighted by Gasteiger charge is -2.44. The lowest BCUT2D eigenvalue weighted by molar-refractivity contribution is -0.140. The maximum atomic E-state index is 12.7. The van der Waals surface area contributed by atoms with Gasteiger partial charge in [-0.2, -0.15) is 0 Å². The van der Waals surface area contributed by atoms with E-state index in [1.807, 2.05) is 4.90 Å². The van der Waals surface area contributed by atoms with Gasteiger partial charge in [0, 0.05) is 12.6 Å². The lowest BCUT2D eigenvalue weighted by Crippen LogP contribution is -2.50. The van der Waals surface area contributed by atoms with E-state index < -0.39 is 16.0 Å². The molecule has 1 saturated carbocycles. The Balaban J connectivity index is 1.69. The quantitative estimate of drug-likeness (QED) is 0.739. The van der Waals surface area contributed by atoms with E-state index in [-0.39, 0.29) is 34.8 Å². The van der Waals surface area contributed by atoms with Gasteiger partial charge >= 0.3 is 5.97 Å². The molecule has 1 aliphatic carbocycles. The van der Waals surface area contributed by atoms with Crippen molar-refractivity contribution in [2.45, 2.75) is 49.5 Å². The van der Waals surface area contributed by atoms with Crippen LogP contribution in [0.1, 0.15) is 48.9 Å². The number of nitrogens with zero attached hydrogens (tertiary/aromatic N) is 1. The molecule has 8 nitrogen and oxygen atoms in total. The molecule has 0 radical (unpaired) electrons.